The average Bonchev–Trinajstić information content (AvgIpc) is 3.11. The number of allylic oxidation sites excluding steroid dienone is 6. The van der Waals surface area contributed by atoms with Crippen LogP contribution in [0.15, 0.2) is 34.6 Å². The monoisotopic (exact) mass is 514 g/mol. The lowest BCUT2D eigenvalue weighted by Gasteiger charge is -2.55. The van der Waals surface area contributed by atoms with Crippen LogP contribution in [-0.4, -0.2) is 43.9 Å². The fourth-order valence-corrected chi connectivity index (χ4v) is 7.04. The second-order valence-electron chi connectivity index (χ2n) is 13.0. The van der Waals surface area contributed by atoms with Crippen molar-refractivity contribution in [3.05, 3.63) is 34.6 Å². The Morgan fingerprint density at radius 2 is 1.54 bits per heavy atom. The molecule has 0 bridgehead atoms. The lowest BCUT2D eigenvalue weighted by atomic mass is 9.48. The van der Waals surface area contributed by atoms with Crippen LogP contribution in [0, 0.1) is 28.6 Å². The maximum atomic E-state index is 14.8. The molecule has 37 heavy (non-hydrogen) atoms. The third-order valence-corrected chi connectivity index (χ3v) is 9.52. The van der Waals surface area contributed by atoms with Crippen molar-refractivity contribution in [2.24, 2.45) is 28.6 Å². The minimum Gasteiger partial charge on any atom is -0.510 e. The molecule has 206 valence electrons. The van der Waals surface area contributed by atoms with Crippen LogP contribution in [0.5, 0.6) is 0 Å². The lowest BCUT2D eigenvalue weighted by Crippen LogP contribution is -2.62. The first-order valence-electron chi connectivity index (χ1n) is 13.8. The minimum atomic E-state index is -1.63. The van der Waals surface area contributed by atoms with Gasteiger partial charge < -0.3 is 15.3 Å². The Labute approximate surface area is 221 Å². The zero-order valence-electron chi connectivity index (χ0n) is 23.9. The first kappa shape index (κ1) is 29.5. The first-order valence-corrected chi connectivity index (χ1v) is 13.8. The molecule has 0 saturated heterocycles. The van der Waals surface area contributed by atoms with Gasteiger partial charge in [0.15, 0.2) is 17.3 Å². The molecule has 0 amide bonds. The third kappa shape index (κ3) is 4.80. The van der Waals surface area contributed by atoms with E-state index in [4.69, 9.17) is 0 Å². The molecule has 6 unspecified atom stereocenters. The Morgan fingerprint density at radius 3 is 2.03 bits per heavy atom. The Hall–Kier alpha value is -2.05. The van der Waals surface area contributed by atoms with Crippen LogP contribution in [0.2, 0.25) is 0 Å². The molecule has 0 radical (unpaired) electrons. The van der Waals surface area contributed by atoms with Crippen LogP contribution in [0.4, 0.5) is 0 Å². The van der Waals surface area contributed by atoms with Crippen molar-refractivity contribution in [1.29, 1.82) is 0 Å². The van der Waals surface area contributed by atoms with Gasteiger partial charge in [-0.2, -0.15) is 0 Å². The molecule has 0 aliphatic heterocycles. The summed E-state index contributed by atoms with van der Waals surface area (Å²) < 4.78 is 0. The number of ketones is 3. The molecule has 3 aliphatic carbocycles. The molecule has 0 aromatic carbocycles. The topological polar surface area (TPSA) is 112 Å². The molecular formula is C31H46O6. The SMILES string of the molecule is CCC(C)C(=O)C1=C(O)C2(CC3C(CCC3(C)O)C(C)(O)C2)C(=O)C(CC=C(C)C)(CC=C(C)C)C1=O. The Morgan fingerprint density at radius 1 is 1.00 bits per heavy atom. The number of aliphatic hydroxyl groups excluding tert-OH is 1. The third-order valence-electron chi connectivity index (χ3n) is 9.52. The van der Waals surface area contributed by atoms with Crippen molar-refractivity contribution in [2.45, 2.75) is 112 Å². The van der Waals surface area contributed by atoms with Crippen LogP contribution < -0.4 is 0 Å². The van der Waals surface area contributed by atoms with Crippen LogP contribution in [0.3, 0.4) is 0 Å². The van der Waals surface area contributed by atoms with Gasteiger partial charge in [0.05, 0.1) is 16.6 Å². The summed E-state index contributed by atoms with van der Waals surface area (Å²) in [4.78, 5) is 42.7. The number of Topliss-reactive ketones (excluding diaryl/α,β-unsaturated/α-hetero) is 3. The standard InChI is InChI=1S/C31H46O6/c1-9-20(6)24(32)23-25(33)30(14-10-18(2)3,15-11-19(4)5)27(35)31(26(23)34)16-22-21(29(8,37)17-31)12-13-28(22,7)36/h10-11,20-22,34,36-37H,9,12-17H2,1-8H3. The second-order valence-corrected chi connectivity index (χ2v) is 13.0. The highest BCUT2D eigenvalue weighted by atomic mass is 16.3. The van der Waals surface area contributed by atoms with E-state index >= 15 is 0 Å². The Kier molecular flexibility index (Phi) is 7.91. The molecule has 0 aromatic heterocycles. The van der Waals surface area contributed by atoms with Crippen molar-refractivity contribution >= 4 is 17.3 Å². The van der Waals surface area contributed by atoms with Gasteiger partial charge in [-0.15, -0.1) is 0 Å². The molecule has 3 N–H and O–H groups in total. The number of hydrogen-bond acceptors (Lipinski definition) is 6. The largest absolute Gasteiger partial charge is 0.510 e. The van der Waals surface area contributed by atoms with Crippen LogP contribution in [0.25, 0.3) is 0 Å². The van der Waals surface area contributed by atoms with Gasteiger partial charge >= 0.3 is 0 Å². The lowest BCUT2D eigenvalue weighted by molar-refractivity contribution is -0.168. The van der Waals surface area contributed by atoms with Crippen LogP contribution in [0.1, 0.15) is 100 Å². The van der Waals surface area contributed by atoms with Gasteiger partial charge in [0, 0.05) is 5.92 Å². The summed E-state index contributed by atoms with van der Waals surface area (Å²) in [5.74, 6) is -3.25. The van der Waals surface area contributed by atoms with E-state index in [0.29, 0.717) is 19.3 Å². The first-order chi connectivity index (χ1) is 17.0. The Bertz CT molecular complexity index is 1040. The molecule has 1 spiro atoms. The van der Waals surface area contributed by atoms with Crippen molar-refractivity contribution in [3.8, 4) is 0 Å². The van der Waals surface area contributed by atoms with E-state index in [9.17, 15) is 29.7 Å². The van der Waals surface area contributed by atoms with Gasteiger partial charge in [0.25, 0.3) is 0 Å². The average molecular weight is 515 g/mol. The van der Waals surface area contributed by atoms with E-state index in [1.165, 1.54) is 0 Å². The van der Waals surface area contributed by atoms with Crippen molar-refractivity contribution < 1.29 is 29.7 Å². The summed E-state index contributed by atoms with van der Waals surface area (Å²) in [6, 6.07) is 0. The van der Waals surface area contributed by atoms with Gasteiger partial charge in [0.1, 0.15) is 16.7 Å². The summed E-state index contributed by atoms with van der Waals surface area (Å²) >= 11 is 0. The van der Waals surface area contributed by atoms with E-state index in [2.05, 4.69) is 0 Å². The van der Waals surface area contributed by atoms with Crippen molar-refractivity contribution in [1.82, 2.24) is 0 Å². The maximum absolute atomic E-state index is 14.8. The van der Waals surface area contributed by atoms with E-state index in [1.807, 2.05) is 46.8 Å². The predicted molar refractivity (Wildman–Crippen MR) is 144 cm³/mol. The number of rotatable bonds is 7. The summed E-state index contributed by atoms with van der Waals surface area (Å²) in [5, 5.41) is 34.8. The summed E-state index contributed by atoms with van der Waals surface area (Å²) in [7, 11) is 0. The second kappa shape index (κ2) is 9.92. The zero-order chi connectivity index (χ0) is 28.1. The summed E-state index contributed by atoms with van der Waals surface area (Å²) in [6.07, 6.45) is 5.50. The van der Waals surface area contributed by atoms with Crippen molar-refractivity contribution in [2.75, 3.05) is 0 Å². The smallest absolute Gasteiger partial charge is 0.184 e. The van der Waals surface area contributed by atoms with Crippen LogP contribution >= 0.6 is 0 Å². The number of fused-ring (bicyclic) bond motifs is 1. The number of aliphatic hydroxyl groups is 3. The molecule has 6 atom stereocenters. The van der Waals surface area contributed by atoms with E-state index < -0.39 is 57.0 Å². The van der Waals surface area contributed by atoms with Gasteiger partial charge in [-0.05, 0) is 98.3 Å². The molecule has 6 heteroatoms. The summed E-state index contributed by atoms with van der Waals surface area (Å²) in [5.41, 5.74) is -4.11. The minimum absolute atomic E-state index is 0.0854. The van der Waals surface area contributed by atoms with Gasteiger partial charge in [0.2, 0.25) is 0 Å². The van der Waals surface area contributed by atoms with Gasteiger partial charge in [-0.25, -0.2) is 0 Å². The molecule has 6 nitrogen and oxygen atoms in total. The molecule has 2 fully saturated rings. The molecule has 3 rings (SSSR count). The molecule has 0 heterocycles. The highest BCUT2D eigenvalue weighted by molar-refractivity contribution is 6.31. The number of carbonyl (C=O) groups is 3. The van der Waals surface area contributed by atoms with E-state index in [-0.39, 0.29) is 37.2 Å². The normalized spacial score (nSPS) is 35.8. The van der Waals surface area contributed by atoms with Crippen molar-refractivity contribution in [3.63, 3.8) is 0 Å². The number of hydrogen-bond donors (Lipinski definition) is 3. The maximum Gasteiger partial charge on any atom is 0.184 e. The quantitative estimate of drug-likeness (QED) is 0.233. The molecule has 3 aliphatic rings. The molecule has 2 saturated carbocycles. The highest BCUT2D eigenvalue weighted by Crippen LogP contribution is 2.63. The zero-order valence-corrected chi connectivity index (χ0v) is 23.9. The Balaban J connectivity index is 2.37. The fraction of sp³-hybridized carbons (Fsp3) is 0.710. The molecule has 0 aromatic rings. The number of carbonyl (C=O) groups excluding carboxylic acids is 3. The van der Waals surface area contributed by atoms with Gasteiger partial charge in [-0.1, -0.05) is 37.1 Å². The molecular weight excluding hydrogens is 468 g/mol. The highest BCUT2D eigenvalue weighted by Gasteiger charge is 2.69. The van der Waals surface area contributed by atoms with E-state index in [1.54, 1.807) is 20.8 Å². The van der Waals surface area contributed by atoms with Crippen LogP contribution in [-0.2, 0) is 14.4 Å². The fourth-order valence-electron chi connectivity index (χ4n) is 7.04. The van der Waals surface area contributed by atoms with Gasteiger partial charge in [-0.3, -0.25) is 14.4 Å². The van der Waals surface area contributed by atoms with E-state index in [0.717, 1.165) is 11.1 Å². The predicted octanol–water partition coefficient (Wildman–Crippen LogP) is 5.57. The summed E-state index contributed by atoms with van der Waals surface area (Å²) in [6.45, 7) is 14.5.